The summed E-state index contributed by atoms with van der Waals surface area (Å²) in [6.45, 7) is 2.66. The number of carbonyl (C=O) groups is 2. The maximum Gasteiger partial charge on any atom is 0.257 e. The molecular weight excluding hydrogens is 458 g/mol. The van der Waals surface area contributed by atoms with Crippen molar-refractivity contribution in [2.45, 2.75) is 13.3 Å². The Kier molecular flexibility index (Phi) is 9.04. The summed E-state index contributed by atoms with van der Waals surface area (Å²) < 4.78 is 11.1. The lowest BCUT2D eigenvalue weighted by atomic mass is 10.2. The molecule has 0 aliphatic heterocycles. The second-order valence-electron chi connectivity index (χ2n) is 5.88. The molecule has 0 aliphatic carbocycles. The van der Waals surface area contributed by atoms with Crippen molar-refractivity contribution in [1.82, 2.24) is 5.32 Å². The summed E-state index contributed by atoms with van der Waals surface area (Å²) in [4.78, 5) is 24.0. The van der Waals surface area contributed by atoms with E-state index in [9.17, 15) is 9.59 Å². The molecule has 0 saturated carbocycles. The molecule has 29 heavy (non-hydrogen) atoms. The van der Waals surface area contributed by atoms with Crippen LogP contribution in [0.1, 0.15) is 23.7 Å². The minimum atomic E-state index is -0.359. The van der Waals surface area contributed by atoms with Crippen LogP contribution in [0.25, 0.3) is 0 Å². The zero-order chi connectivity index (χ0) is 21.2. The van der Waals surface area contributed by atoms with E-state index in [1.807, 2.05) is 0 Å². The first-order chi connectivity index (χ1) is 13.9. The third kappa shape index (κ3) is 7.45. The average molecular weight is 480 g/mol. The number of anilines is 2. The average Bonchev–Trinajstić information content (AvgIpc) is 2.69. The Balaban J connectivity index is 1.95. The molecular formula is C20H22BrN3O4S. The summed E-state index contributed by atoms with van der Waals surface area (Å²) in [5.41, 5.74) is 1.71. The molecule has 3 N–H and O–H groups in total. The van der Waals surface area contributed by atoms with Crippen LogP contribution in [-0.2, 0) is 9.53 Å². The van der Waals surface area contributed by atoms with E-state index in [0.29, 0.717) is 46.8 Å². The summed E-state index contributed by atoms with van der Waals surface area (Å²) in [5, 5.41) is 8.47. The SMILES string of the molecule is CCC(=O)Nc1cccc(NC(=S)NC(=O)c2ccc(OCCOC)c(Br)c2)c1. The van der Waals surface area contributed by atoms with Crippen LogP contribution in [0.15, 0.2) is 46.9 Å². The summed E-state index contributed by atoms with van der Waals surface area (Å²) >= 11 is 8.61. The number of benzene rings is 2. The molecule has 0 saturated heterocycles. The van der Waals surface area contributed by atoms with E-state index >= 15 is 0 Å². The van der Waals surface area contributed by atoms with E-state index in [1.165, 1.54) is 0 Å². The third-order valence-corrected chi connectivity index (χ3v) is 4.52. The van der Waals surface area contributed by atoms with Crippen molar-refractivity contribution in [2.24, 2.45) is 0 Å². The topological polar surface area (TPSA) is 88.7 Å². The van der Waals surface area contributed by atoms with E-state index in [-0.39, 0.29) is 16.9 Å². The van der Waals surface area contributed by atoms with Crippen LogP contribution in [0.4, 0.5) is 11.4 Å². The van der Waals surface area contributed by atoms with Crippen molar-refractivity contribution in [3.63, 3.8) is 0 Å². The van der Waals surface area contributed by atoms with E-state index in [2.05, 4.69) is 31.9 Å². The fourth-order valence-corrected chi connectivity index (χ4v) is 2.96. The van der Waals surface area contributed by atoms with Crippen LogP contribution in [0.2, 0.25) is 0 Å². The largest absolute Gasteiger partial charge is 0.490 e. The number of methoxy groups -OCH3 is 1. The quantitative estimate of drug-likeness (QED) is 0.392. The van der Waals surface area contributed by atoms with Gasteiger partial charge in [0.1, 0.15) is 12.4 Å². The standard InChI is InChI=1S/C20H22BrN3O4S/c1-3-18(25)22-14-5-4-6-15(12-14)23-20(29)24-19(26)13-7-8-17(16(21)11-13)28-10-9-27-2/h4-8,11-12H,3,9-10H2,1-2H3,(H,22,25)(H2,23,24,26,29). The number of halogens is 1. The number of hydrogen-bond acceptors (Lipinski definition) is 5. The molecule has 7 nitrogen and oxygen atoms in total. The second-order valence-corrected chi connectivity index (χ2v) is 7.14. The fraction of sp³-hybridized carbons (Fsp3) is 0.250. The predicted molar refractivity (Wildman–Crippen MR) is 121 cm³/mol. The number of ether oxygens (including phenoxy) is 2. The molecule has 0 fully saturated rings. The van der Waals surface area contributed by atoms with Crippen molar-refractivity contribution in [2.75, 3.05) is 31.0 Å². The molecule has 9 heteroatoms. The van der Waals surface area contributed by atoms with Gasteiger partial charge in [0.25, 0.3) is 5.91 Å². The Bertz CT molecular complexity index is 892. The van der Waals surface area contributed by atoms with Gasteiger partial charge in [-0.1, -0.05) is 13.0 Å². The lowest BCUT2D eigenvalue weighted by Gasteiger charge is -2.12. The minimum Gasteiger partial charge on any atom is -0.490 e. The van der Waals surface area contributed by atoms with Gasteiger partial charge >= 0.3 is 0 Å². The maximum absolute atomic E-state index is 12.4. The number of nitrogens with one attached hydrogen (secondary N) is 3. The van der Waals surface area contributed by atoms with E-state index in [0.717, 1.165) is 0 Å². The summed E-state index contributed by atoms with van der Waals surface area (Å²) in [7, 11) is 1.60. The molecule has 0 aromatic heterocycles. The zero-order valence-corrected chi connectivity index (χ0v) is 18.5. The van der Waals surface area contributed by atoms with E-state index in [1.54, 1.807) is 56.5 Å². The molecule has 2 rings (SSSR count). The molecule has 0 heterocycles. The molecule has 154 valence electrons. The van der Waals surface area contributed by atoms with Gasteiger partial charge in [-0.15, -0.1) is 0 Å². The highest BCUT2D eigenvalue weighted by atomic mass is 79.9. The molecule has 0 bridgehead atoms. The molecule has 0 spiro atoms. The second kappa shape index (κ2) is 11.5. The Morgan fingerprint density at radius 1 is 1.07 bits per heavy atom. The molecule has 2 aromatic rings. The maximum atomic E-state index is 12.4. The summed E-state index contributed by atoms with van der Waals surface area (Å²) in [6, 6.07) is 12.1. The van der Waals surface area contributed by atoms with Gasteiger partial charge < -0.3 is 20.1 Å². The number of thiocarbonyl (C=S) groups is 1. The first-order valence-corrected chi connectivity index (χ1v) is 10.1. The highest BCUT2D eigenvalue weighted by molar-refractivity contribution is 9.10. The number of carbonyl (C=O) groups excluding carboxylic acids is 2. The minimum absolute atomic E-state index is 0.0850. The first-order valence-electron chi connectivity index (χ1n) is 8.86. The van der Waals surface area contributed by atoms with Crippen LogP contribution < -0.4 is 20.7 Å². The highest BCUT2D eigenvalue weighted by Crippen LogP contribution is 2.26. The van der Waals surface area contributed by atoms with Gasteiger partial charge in [0.2, 0.25) is 5.91 Å². The van der Waals surface area contributed by atoms with Crippen LogP contribution in [-0.4, -0.2) is 37.3 Å². The normalized spacial score (nSPS) is 10.2. The van der Waals surface area contributed by atoms with Crippen molar-refractivity contribution < 1.29 is 19.1 Å². The Hall–Kier alpha value is -2.49. The van der Waals surface area contributed by atoms with Crippen molar-refractivity contribution >= 4 is 56.4 Å². The Labute approximate surface area is 183 Å². The predicted octanol–water partition coefficient (Wildman–Crippen LogP) is 3.95. The number of amides is 2. The smallest absolute Gasteiger partial charge is 0.257 e. The molecule has 2 aromatic carbocycles. The van der Waals surface area contributed by atoms with E-state index < -0.39 is 0 Å². The molecule has 0 aliphatic rings. The Morgan fingerprint density at radius 3 is 2.45 bits per heavy atom. The zero-order valence-electron chi connectivity index (χ0n) is 16.1. The Morgan fingerprint density at radius 2 is 1.79 bits per heavy atom. The molecule has 2 amide bonds. The highest BCUT2D eigenvalue weighted by Gasteiger charge is 2.11. The van der Waals surface area contributed by atoms with Gasteiger partial charge in [-0.2, -0.15) is 0 Å². The van der Waals surface area contributed by atoms with Crippen molar-refractivity contribution in [3.05, 3.63) is 52.5 Å². The van der Waals surface area contributed by atoms with Gasteiger partial charge in [-0.3, -0.25) is 14.9 Å². The lowest BCUT2D eigenvalue weighted by molar-refractivity contribution is -0.115. The molecule has 0 radical (unpaired) electrons. The monoisotopic (exact) mass is 479 g/mol. The van der Waals surface area contributed by atoms with Crippen molar-refractivity contribution in [3.8, 4) is 5.75 Å². The number of rotatable bonds is 8. The van der Waals surface area contributed by atoms with Crippen LogP contribution in [0.3, 0.4) is 0 Å². The fourth-order valence-electron chi connectivity index (χ4n) is 2.26. The van der Waals surface area contributed by atoms with Crippen molar-refractivity contribution in [1.29, 1.82) is 0 Å². The van der Waals surface area contributed by atoms with Gasteiger partial charge in [-0.05, 0) is 64.5 Å². The van der Waals surface area contributed by atoms with Crippen LogP contribution in [0, 0.1) is 0 Å². The van der Waals surface area contributed by atoms with Crippen LogP contribution >= 0.6 is 28.1 Å². The van der Waals surface area contributed by atoms with Gasteiger partial charge in [0, 0.05) is 30.5 Å². The lowest BCUT2D eigenvalue weighted by Crippen LogP contribution is -2.34. The molecule has 0 unspecified atom stereocenters. The van der Waals surface area contributed by atoms with Gasteiger partial charge in [0.05, 0.1) is 11.1 Å². The first kappa shape index (κ1) is 22.8. The summed E-state index contributed by atoms with van der Waals surface area (Å²) in [6.07, 6.45) is 0.387. The molecule has 0 atom stereocenters. The van der Waals surface area contributed by atoms with E-state index in [4.69, 9.17) is 21.7 Å². The number of hydrogen-bond donors (Lipinski definition) is 3. The van der Waals surface area contributed by atoms with Gasteiger partial charge in [0.15, 0.2) is 5.11 Å². The third-order valence-electron chi connectivity index (χ3n) is 3.69. The van der Waals surface area contributed by atoms with Gasteiger partial charge in [-0.25, -0.2) is 0 Å². The van der Waals surface area contributed by atoms with Crippen LogP contribution in [0.5, 0.6) is 5.75 Å². The summed E-state index contributed by atoms with van der Waals surface area (Å²) in [5.74, 6) is 0.172.